The van der Waals surface area contributed by atoms with Crippen molar-refractivity contribution in [3.8, 4) is 0 Å². The van der Waals surface area contributed by atoms with Gasteiger partial charge in [0.25, 0.3) is 0 Å². The first-order valence-electron chi connectivity index (χ1n) is 5.32. The Balaban J connectivity index is 1.87. The van der Waals surface area contributed by atoms with E-state index in [1.807, 2.05) is 0 Å². The van der Waals surface area contributed by atoms with Crippen molar-refractivity contribution in [2.75, 3.05) is 0 Å². The van der Waals surface area contributed by atoms with Gasteiger partial charge in [0, 0.05) is 11.1 Å². The van der Waals surface area contributed by atoms with Crippen LogP contribution in [0.3, 0.4) is 0 Å². The molecule has 2 aliphatic rings. The van der Waals surface area contributed by atoms with E-state index in [0.717, 1.165) is 0 Å². The summed E-state index contributed by atoms with van der Waals surface area (Å²) in [5.41, 5.74) is 7.25. The SMILES string of the molecule is CC(C)(C)N1N[C@@H]1[C@H]1NN1C(C)(C)C. The molecule has 0 aromatic carbocycles. The summed E-state index contributed by atoms with van der Waals surface area (Å²) < 4.78 is 0. The molecule has 2 aliphatic heterocycles. The highest BCUT2D eigenvalue weighted by atomic mass is 15.9. The normalized spacial score (nSPS) is 42.4. The summed E-state index contributed by atoms with van der Waals surface area (Å²) in [4.78, 5) is 0. The fraction of sp³-hybridized carbons (Fsp3) is 1.00. The average Bonchev–Trinajstić information content (AvgIpc) is 2.76. The molecule has 0 saturated carbocycles. The van der Waals surface area contributed by atoms with E-state index in [2.05, 4.69) is 62.4 Å². The minimum absolute atomic E-state index is 0.221. The molecule has 82 valence electrons. The second kappa shape index (κ2) is 2.70. The summed E-state index contributed by atoms with van der Waals surface area (Å²) in [6.07, 6.45) is 0.962. The molecule has 0 aromatic rings. The van der Waals surface area contributed by atoms with Gasteiger partial charge in [-0.1, -0.05) is 0 Å². The van der Waals surface area contributed by atoms with Crippen molar-refractivity contribution in [2.24, 2.45) is 0 Å². The summed E-state index contributed by atoms with van der Waals surface area (Å²) in [6, 6.07) is 0. The van der Waals surface area contributed by atoms with E-state index >= 15 is 0 Å². The molecule has 14 heavy (non-hydrogen) atoms. The Morgan fingerprint density at radius 3 is 1.14 bits per heavy atom. The third-order valence-corrected chi connectivity index (χ3v) is 2.71. The smallest absolute Gasteiger partial charge is 0.118 e. The number of hydrogen-bond acceptors (Lipinski definition) is 4. The minimum Gasteiger partial charge on any atom is -0.231 e. The van der Waals surface area contributed by atoms with Crippen LogP contribution in [0.25, 0.3) is 0 Å². The van der Waals surface area contributed by atoms with Crippen molar-refractivity contribution >= 4 is 0 Å². The lowest BCUT2D eigenvalue weighted by atomic mass is 10.1. The highest BCUT2D eigenvalue weighted by Crippen LogP contribution is 2.34. The maximum Gasteiger partial charge on any atom is 0.118 e. The molecule has 0 spiro atoms. The van der Waals surface area contributed by atoms with Gasteiger partial charge in [-0.15, -0.1) is 0 Å². The van der Waals surface area contributed by atoms with Gasteiger partial charge in [0.1, 0.15) is 12.3 Å². The standard InChI is InChI=1S/C10H22N4/c1-9(2,3)13-7(11-13)8-12-14(8)10(4,5)6/h7-8,11-12H,1-6H3/t7-,8-,13?,14?/m0/s1. The van der Waals surface area contributed by atoms with Crippen LogP contribution < -0.4 is 10.9 Å². The zero-order valence-electron chi connectivity index (χ0n) is 10.0. The summed E-state index contributed by atoms with van der Waals surface area (Å²) in [7, 11) is 0. The maximum absolute atomic E-state index is 3.40. The van der Waals surface area contributed by atoms with E-state index in [-0.39, 0.29) is 11.1 Å². The Hall–Kier alpha value is -0.160. The lowest BCUT2D eigenvalue weighted by molar-refractivity contribution is 0.235. The van der Waals surface area contributed by atoms with Gasteiger partial charge in [-0.2, -0.15) is 0 Å². The lowest BCUT2D eigenvalue weighted by Crippen LogP contribution is -2.33. The van der Waals surface area contributed by atoms with Gasteiger partial charge in [-0.05, 0) is 41.5 Å². The Labute approximate surface area is 86.6 Å². The van der Waals surface area contributed by atoms with Crippen molar-refractivity contribution in [3.05, 3.63) is 0 Å². The molecule has 0 aromatic heterocycles. The molecule has 4 nitrogen and oxygen atoms in total. The number of nitrogens with one attached hydrogen (secondary N) is 2. The van der Waals surface area contributed by atoms with Gasteiger partial charge >= 0.3 is 0 Å². The largest absolute Gasteiger partial charge is 0.231 e. The molecule has 2 heterocycles. The highest BCUT2D eigenvalue weighted by molar-refractivity contribution is 5.03. The first-order chi connectivity index (χ1) is 6.21. The second-order valence-electron chi connectivity index (χ2n) is 6.23. The van der Waals surface area contributed by atoms with Crippen LogP contribution in [0, 0.1) is 0 Å². The van der Waals surface area contributed by atoms with Crippen LogP contribution in [0.2, 0.25) is 0 Å². The predicted octanol–water partition coefficient (Wildman–Crippen LogP) is 0.876. The van der Waals surface area contributed by atoms with E-state index in [9.17, 15) is 0 Å². The molecule has 2 fully saturated rings. The van der Waals surface area contributed by atoms with Crippen molar-refractivity contribution in [1.29, 1.82) is 0 Å². The maximum atomic E-state index is 3.40. The monoisotopic (exact) mass is 198 g/mol. The number of nitrogens with zero attached hydrogens (tertiary/aromatic N) is 2. The molecule has 0 radical (unpaired) electrons. The molecule has 2 N–H and O–H groups in total. The van der Waals surface area contributed by atoms with Gasteiger partial charge in [-0.25, -0.2) is 20.9 Å². The quantitative estimate of drug-likeness (QED) is 0.614. The molecule has 0 aliphatic carbocycles. The summed E-state index contributed by atoms with van der Waals surface area (Å²) in [6.45, 7) is 13.4. The molecular weight excluding hydrogens is 176 g/mol. The highest BCUT2D eigenvalue weighted by Gasteiger charge is 2.57. The van der Waals surface area contributed by atoms with Crippen molar-refractivity contribution < 1.29 is 0 Å². The average molecular weight is 198 g/mol. The summed E-state index contributed by atoms with van der Waals surface area (Å²) >= 11 is 0. The van der Waals surface area contributed by atoms with E-state index in [4.69, 9.17) is 0 Å². The molecule has 2 rings (SSSR count). The van der Waals surface area contributed by atoms with E-state index in [1.165, 1.54) is 0 Å². The van der Waals surface area contributed by atoms with Crippen LogP contribution in [0.1, 0.15) is 41.5 Å². The van der Waals surface area contributed by atoms with E-state index in [0.29, 0.717) is 12.3 Å². The van der Waals surface area contributed by atoms with Gasteiger partial charge in [0.15, 0.2) is 0 Å². The Bertz CT molecular complexity index is 211. The van der Waals surface area contributed by atoms with Crippen LogP contribution >= 0.6 is 0 Å². The van der Waals surface area contributed by atoms with Crippen LogP contribution in [-0.4, -0.2) is 33.4 Å². The Morgan fingerprint density at radius 2 is 1.00 bits per heavy atom. The fourth-order valence-electron chi connectivity index (χ4n) is 1.86. The first kappa shape index (κ1) is 10.4. The molecule has 2 unspecified atom stereocenters. The minimum atomic E-state index is 0.221. The molecule has 4 atom stereocenters. The topological polar surface area (TPSA) is 49.9 Å². The zero-order chi connectivity index (χ0) is 10.7. The molecule has 0 amide bonds. The van der Waals surface area contributed by atoms with Crippen molar-refractivity contribution in [1.82, 2.24) is 20.9 Å². The number of hydrazine groups is 2. The summed E-state index contributed by atoms with van der Waals surface area (Å²) in [5.74, 6) is 0. The van der Waals surface area contributed by atoms with Gasteiger partial charge < -0.3 is 0 Å². The van der Waals surface area contributed by atoms with Gasteiger partial charge in [0.2, 0.25) is 0 Å². The van der Waals surface area contributed by atoms with Crippen molar-refractivity contribution in [3.63, 3.8) is 0 Å². The van der Waals surface area contributed by atoms with Gasteiger partial charge in [-0.3, -0.25) is 0 Å². The number of rotatable bonds is 1. The van der Waals surface area contributed by atoms with Crippen LogP contribution in [0.15, 0.2) is 0 Å². The third kappa shape index (κ3) is 1.80. The second-order valence-corrected chi connectivity index (χ2v) is 6.23. The zero-order valence-corrected chi connectivity index (χ0v) is 10.0. The summed E-state index contributed by atoms with van der Waals surface area (Å²) in [5, 5.41) is 4.60. The Morgan fingerprint density at radius 1 is 0.714 bits per heavy atom. The first-order valence-corrected chi connectivity index (χ1v) is 5.32. The van der Waals surface area contributed by atoms with E-state index < -0.39 is 0 Å². The van der Waals surface area contributed by atoms with E-state index in [1.54, 1.807) is 0 Å². The number of hydrogen-bond donors (Lipinski definition) is 2. The molecule has 2 saturated heterocycles. The van der Waals surface area contributed by atoms with Crippen LogP contribution in [0.5, 0.6) is 0 Å². The van der Waals surface area contributed by atoms with Crippen LogP contribution in [-0.2, 0) is 0 Å². The Kier molecular flexibility index (Phi) is 2.00. The van der Waals surface area contributed by atoms with Crippen LogP contribution in [0.4, 0.5) is 0 Å². The lowest BCUT2D eigenvalue weighted by Gasteiger charge is -2.20. The molecule has 0 bridgehead atoms. The predicted molar refractivity (Wildman–Crippen MR) is 57.0 cm³/mol. The fourth-order valence-corrected chi connectivity index (χ4v) is 1.86. The molecule has 4 heteroatoms. The van der Waals surface area contributed by atoms with Crippen molar-refractivity contribution in [2.45, 2.75) is 65.0 Å². The molecular formula is C10H22N4. The third-order valence-electron chi connectivity index (χ3n) is 2.71. The van der Waals surface area contributed by atoms with Gasteiger partial charge in [0.05, 0.1) is 0 Å².